The van der Waals surface area contributed by atoms with Crippen LogP contribution in [-0.4, -0.2) is 34.5 Å². The number of rotatable bonds is 6. The third kappa shape index (κ3) is 5.50. The van der Waals surface area contributed by atoms with Gasteiger partial charge in [-0.3, -0.25) is 9.59 Å². The average Bonchev–Trinajstić information content (AvgIpc) is 2.32. The maximum Gasteiger partial charge on any atom is 0.321 e. The zero-order chi connectivity index (χ0) is 14.4. The lowest BCUT2D eigenvalue weighted by molar-refractivity contribution is -0.137. The molecule has 0 aliphatic carbocycles. The second kappa shape index (κ2) is 7.37. The van der Waals surface area contributed by atoms with Gasteiger partial charge in [0.25, 0.3) is 0 Å². The van der Waals surface area contributed by atoms with Crippen LogP contribution in [0.3, 0.4) is 0 Å². The fourth-order valence-corrected chi connectivity index (χ4v) is 2.30. The van der Waals surface area contributed by atoms with E-state index in [9.17, 15) is 9.59 Å². The molecule has 0 saturated carbocycles. The van der Waals surface area contributed by atoms with E-state index in [0.29, 0.717) is 10.7 Å². The Hall–Kier alpha value is -1.24. The van der Waals surface area contributed by atoms with Crippen molar-refractivity contribution in [2.24, 2.45) is 5.73 Å². The van der Waals surface area contributed by atoms with Gasteiger partial charge in [0.2, 0.25) is 5.91 Å². The van der Waals surface area contributed by atoms with Crippen molar-refractivity contribution in [3.8, 4) is 0 Å². The zero-order valence-corrected chi connectivity index (χ0v) is 11.9. The third-order valence-corrected chi connectivity index (χ3v) is 3.61. The highest BCUT2D eigenvalue weighted by atomic mass is 35.5. The van der Waals surface area contributed by atoms with Crippen LogP contribution in [0, 0.1) is 6.92 Å². The Morgan fingerprint density at radius 2 is 2.21 bits per heavy atom. The first-order valence-corrected chi connectivity index (χ1v) is 7.05. The number of benzene rings is 1. The van der Waals surface area contributed by atoms with Crippen LogP contribution in [0.5, 0.6) is 0 Å². The Balaban J connectivity index is 2.41. The molecule has 0 spiro atoms. The Morgan fingerprint density at radius 3 is 2.79 bits per heavy atom. The van der Waals surface area contributed by atoms with Crippen molar-refractivity contribution in [2.45, 2.75) is 13.0 Å². The lowest BCUT2D eigenvalue weighted by Gasteiger charge is -2.09. The predicted octanol–water partition coefficient (Wildman–Crippen LogP) is 1.73. The number of nitrogens with one attached hydrogen (secondary N) is 1. The molecule has 19 heavy (non-hydrogen) atoms. The van der Waals surface area contributed by atoms with E-state index in [1.807, 2.05) is 6.92 Å². The topological polar surface area (TPSA) is 92.4 Å². The molecule has 0 heterocycles. The van der Waals surface area contributed by atoms with Crippen LogP contribution in [0.1, 0.15) is 5.56 Å². The van der Waals surface area contributed by atoms with Crippen LogP contribution in [0.25, 0.3) is 0 Å². The van der Waals surface area contributed by atoms with E-state index < -0.39 is 12.0 Å². The molecule has 1 aromatic rings. The summed E-state index contributed by atoms with van der Waals surface area (Å²) in [6.45, 7) is 1.84. The molecule has 0 aliphatic rings. The van der Waals surface area contributed by atoms with Crippen molar-refractivity contribution in [2.75, 3.05) is 16.8 Å². The quantitative estimate of drug-likeness (QED) is 0.744. The minimum atomic E-state index is -1.07. The Bertz CT molecular complexity index is 482. The van der Waals surface area contributed by atoms with Crippen molar-refractivity contribution in [1.29, 1.82) is 0 Å². The molecule has 104 valence electrons. The van der Waals surface area contributed by atoms with Crippen LogP contribution in [-0.2, 0) is 9.59 Å². The molecule has 0 aliphatic heterocycles. The lowest BCUT2D eigenvalue weighted by atomic mass is 10.2. The molecule has 5 nitrogen and oxygen atoms in total. The van der Waals surface area contributed by atoms with Gasteiger partial charge >= 0.3 is 5.97 Å². The average molecular weight is 303 g/mol. The van der Waals surface area contributed by atoms with Gasteiger partial charge in [-0.15, -0.1) is 11.8 Å². The van der Waals surface area contributed by atoms with E-state index in [1.165, 1.54) is 11.8 Å². The van der Waals surface area contributed by atoms with E-state index in [2.05, 4.69) is 5.32 Å². The van der Waals surface area contributed by atoms with Gasteiger partial charge in [0.1, 0.15) is 6.04 Å². The highest BCUT2D eigenvalue weighted by Gasteiger charge is 2.12. The number of carboxylic acids is 1. The number of anilines is 1. The number of nitrogens with two attached hydrogens (primary N) is 1. The van der Waals surface area contributed by atoms with Crippen LogP contribution in [0.2, 0.25) is 5.02 Å². The van der Waals surface area contributed by atoms with Crippen LogP contribution in [0.15, 0.2) is 18.2 Å². The van der Waals surface area contributed by atoms with Gasteiger partial charge in [-0.05, 0) is 30.7 Å². The van der Waals surface area contributed by atoms with Crippen molar-refractivity contribution in [1.82, 2.24) is 0 Å². The Labute approximate surface area is 120 Å². The summed E-state index contributed by atoms with van der Waals surface area (Å²) < 4.78 is 0. The zero-order valence-electron chi connectivity index (χ0n) is 10.4. The number of hydrogen-bond donors (Lipinski definition) is 3. The second-order valence-corrected chi connectivity index (χ2v) is 5.43. The van der Waals surface area contributed by atoms with Crippen molar-refractivity contribution in [3.63, 3.8) is 0 Å². The van der Waals surface area contributed by atoms with E-state index in [1.54, 1.807) is 18.2 Å². The molecule has 1 aromatic carbocycles. The highest BCUT2D eigenvalue weighted by Crippen LogP contribution is 2.19. The maximum absolute atomic E-state index is 11.6. The first kappa shape index (κ1) is 15.8. The summed E-state index contributed by atoms with van der Waals surface area (Å²) in [5, 5.41) is 11.9. The number of thioether (sulfide) groups is 1. The molecule has 0 saturated heterocycles. The van der Waals surface area contributed by atoms with E-state index in [-0.39, 0.29) is 17.4 Å². The minimum Gasteiger partial charge on any atom is -0.480 e. The van der Waals surface area contributed by atoms with Gasteiger partial charge in [0.15, 0.2) is 0 Å². The van der Waals surface area contributed by atoms with Crippen LogP contribution < -0.4 is 11.1 Å². The van der Waals surface area contributed by atoms with Gasteiger partial charge in [-0.2, -0.15) is 0 Å². The second-order valence-electron chi connectivity index (χ2n) is 3.97. The summed E-state index contributed by atoms with van der Waals surface area (Å²) in [6, 6.07) is 4.22. The summed E-state index contributed by atoms with van der Waals surface area (Å²) in [4.78, 5) is 22.1. The number of halogens is 1. The number of aryl methyl sites for hydroxylation is 1. The molecule has 4 N–H and O–H groups in total. The normalized spacial score (nSPS) is 11.9. The maximum atomic E-state index is 11.6. The van der Waals surface area contributed by atoms with Gasteiger partial charge in [-0.25, -0.2) is 0 Å². The highest BCUT2D eigenvalue weighted by molar-refractivity contribution is 8.00. The van der Waals surface area contributed by atoms with E-state index in [0.717, 1.165) is 5.56 Å². The monoisotopic (exact) mass is 302 g/mol. The number of hydrogen-bond acceptors (Lipinski definition) is 4. The molecule has 0 radical (unpaired) electrons. The molecule has 1 unspecified atom stereocenters. The fraction of sp³-hybridized carbons (Fsp3) is 0.333. The van der Waals surface area contributed by atoms with E-state index in [4.69, 9.17) is 22.4 Å². The first-order valence-electron chi connectivity index (χ1n) is 5.52. The molecule has 0 fully saturated rings. The largest absolute Gasteiger partial charge is 0.480 e. The fourth-order valence-electron chi connectivity index (χ4n) is 1.30. The molecular formula is C12H15ClN2O3S. The van der Waals surface area contributed by atoms with Crippen LogP contribution in [0.4, 0.5) is 5.69 Å². The van der Waals surface area contributed by atoms with Crippen molar-refractivity contribution in [3.05, 3.63) is 28.8 Å². The Kier molecular flexibility index (Phi) is 6.14. The van der Waals surface area contributed by atoms with E-state index >= 15 is 0 Å². The summed E-state index contributed by atoms with van der Waals surface area (Å²) >= 11 is 7.00. The SMILES string of the molecule is Cc1cc(Cl)ccc1NC(=O)CSCC(N)C(=O)O. The molecule has 1 atom stereocenters. The number of aliphatic carboxylic acids is 1. The van der Waals surface area contributed by atoms with Gasteiger partial charge < -0.3 is 16.2 Å². The number of carbonyl (C=O) groups is 2. The number of carboxylic acid groups (broad SMARTS) is 1. The van der Waals surface area contributed by atoms with Gasteiger partial charge in [0.05, 0.1) is 5.75 Å². The summed E-state index contributed by atoms with van der Waals surface area (Å²) in [5.74, 6) is -0.916. The first-order chi connectivity index (χ1) is 8.90. The molecule has 1 amide bonds. The number of amides is 1. The minimum absolute atomic E-state index is 0.156. The number of carbonyl (C=O) groups excluding carboxylic acids is 1. The third-order valence-electron chi connectivity index (χ3n) is 2.31. The lowest BCUT2D eigenvalue weighted by Crippen LogP contribution is -2.33. The molecular weight excluding hydrogens is 288 g/mol. The summed E-state index contributed by atoms with van der Waals surface area (Å²) in [7, 11) is 0. The smallest absolute Gasteiger partial charge is 0.321 e. The van der Waals surface area contributed by atoms with Crippen molar-refractivity contribution < 1.29 is 14.7 Å². The summed E-state index contributed by atoms with van der Waals surface area (Å²) in [5.41, 5.74) is 6.89. The van der Waals surface area contributed by atoms with Gasteiger partial charge in [0, 0.05) is 16.5 Å². The van der Waals surface area contributed by atoms with Gasteiger partial charge in [-0.1, -0.05) is 11.6 Å². The van der Waals surface area contributed by atoms with Crippen molar-refractivity contribution >= 4 is 40.9 Å². The molecule has 1 rings (SSSR count). The Morgan fingerprint density at radius 1 is 1.53 bits per heavy atom. The molecule has 0 aromatic heterocycles. The summed E-state index contributed by atoms with van der Waals surface area (Å²) in [6.07, 6.45) is 0. The molecule has 7 heteroatoms. The van der Waals surface area contributed by atoms with Crippen LogP contribution >= 0.6 is 23.4 Å². The molecule has 0 bridgehead atoms. The predicted molar refractivity (Wildman–Crippen MR) is 77.8 cm³/mol. The standard InChI is InChI=1S/C12H15ClN2O3S/c1-7-4-8(13)2-3-10(7)15-11(16)6-19-5-9(14)12(17)18/h2-4,9H,5-6,14H2,1H3,(H,15,16)(H,17,18).